The van der Waals surface area contributed by atoms with E-state index in [9.17, 15) is 9.90 Å². The van der Waals surface area contributed by atoms with E-state index >= 15 is 0 Å². The molecule has 0 aliphatic heterocycles. The fourth-order valence-corrected chi connectivity index (χ4v) is 2.65. The summed E-state index contributed by atoms with van der Waals surface area (Å²) in [7, 11) is 0. The number of benzene rings is 1. The molecule has 1 heterocycles. The summed E-state index contributed by atoms with van der Waals surface area (Å²) in [6.45, 7) is 1.88. The molecule has 5 heteroatoms. The van der Waals surface area contributed by atoms with Crippen LogP contribution in [0.15, 0.2) is 53.1 Å². The zero-order valence-electron chi connectivity index (χ0n) is 13.7. The standard InChI is InChI=1S/C19H24N2O3/c22-17(18-7-4-10-24-18)14-21(13-16-5-2-1-3-6-16)19(23)12-20-11-15-8-9-15/h1-7,10,15,17,20,22H,8-9,11-14H2. The molecule has 1 aromatic heterocycles. The van der Waals surface area contributed by atoms with Gasteiger partial charge in [0.25, 0.3) is 0 Å². The Labute approximate surface area is 142 Å². The van der Waals surface area contributed by atoms with Gasteiger partial charge < -0.3 is 19.7 Å². The molecule has 1 aliphatic rings. The number of hydrogen-bond donors (Lipinski definition) is 2. The third kappa shape index (κ3) is 4.94. The van der Waals surface area contributed by atoms with E-state index in [1.54, 1.807) is 17.0 Å². The third-order valence-corrected chi connectivity index (χ3v) is 4.24. The topological polar surface area (TPSA) is 65.7 Å². The minimum atomic E-state index is -0.823. The SMILES string of the molecule is O=C(CNCC1CC1)N(Cc1ccccc1)CC(O)c1ccco1. The van der Waals surface area contributed by atoms with Crippen molar-refractivity contribution >= 4 is 5.91 Å². The number of nitrogens with one attached hydrogen (secondary N) is 1. The Morgan fingerprint density at radius 3 is 2.71 bits per heavy atom. The molecule has 0 saturated heterocycles. The smallest absolute Gasteiger partial charge is 0.236 e. The van der Waals surface area contributed by atoms with Gasteiger partial charge in [0.15, 0.2) is 0 Å². The van der Waals surface area contributed by atoms with E-state index in [1.165, 1.54) is 19.1 Å². The van der Waals surface area contributed by atoms with Crippen LogP contribution in [0.2, 0.25) is 0 Å². The maximum Gasteiger partial charge on any atom is 0.236 e. The van der Waals surface area contributed by atoms with Gasteiger partial charge in [0.05, 0.1) is 19.4 Å². The van der Waals surface area contributed by atoms with Gasteiger partial charge in [-0.3, -0.25) is 4.79 Å². The second-order valence-corrected chi connectivity index (χ2v) is 6.37. The summed E-state index contributed by atoms with van der Waals surface area (Å²) < 4.78 is 5.24. The molecule has 1 aliphatic carbocycles. The molecular formula is C19H24N2O3. The number of hydrogen-bond acceptors (Lipinski definition) is 4. The average Bonchev–Trinajstić information content (AvgIpc) is 3.25. The minimum absolute atomic E-state index is 0.00916. The van der Waals surface area contributed by atoms with E-state index < -0.39 is 6.10 Å². The maximum atomic E-state index is 12.6. The highest BCUT2D eigenvalue weighted by atomic mass is 16.4. The van der Waals surface area contributed by atoms with Crippen molar-refractivity contribution < 1.29 is 14.3 Å². The first kappa shape index (κ1) is 16.7. The van der Waals surface area contributed by atoms with Crippen molar-refractivity contribution in [3.05, 3.63) is 60.1 Å². The molecule has 3 rings (SSSR count). The predicted octanol–water partition coefficient (Wildman–Crippen LogP) is 2.34. The van der Waals surface area contributed by atoms with E-state index in [4.69, 9.17) is 4.42 Å². The quantitative estimate of drug-likeness (QED) is 0.741. The Hall–Kier alpha value is -2.11. The Morgan fingerprint density at radius 1 is 1.25 bits per heavy atom. The lowest BCUT2D eigenvalue weighted by atomic mass is 10.2. The number of aliphatic hydroxyl groups excluding tert-OH is 1. The molecule has 128 valence electrons. The van der Waals surface area contributed by atoms with Gasteiger partial charge >= 0.3 is 0 Å². The average molecular weight is 328 g/mol. The molecule has 0 spiro atoms. The van der Waals surface area contributed by atoms with Crippen LogP contribution < -0.4 is 5.32 Å². The Kier molecular flexibility index (Phi) is 5.67. The van der Waals surface area contributed by atoms with Crippen LogP contribution in [0, 0.1) is 5.92 Å². The van der Waals surface area contributed by atoms with Gasteiger partial charge in [-0.25, -0.2) is 0 Å². The number of aliphatic hydroxyl groups is 1. The van der Waals surface area contributed by atoms with E-state index in [-0.39, 0.29) is 12.5 Å². The van der Waals surface area contributed by atoms with Crippen LogP contribution in [-0.4, -0.2) is 35.5 Å². The molecule has 0 bridgehead atoms. The second kappa shape index (κ2) is 8.13. The summed E-state index contributed by atoms with van der Waals surface area (Å²) in [5.41, 5.74) is 1.04. The van der Waals surface area contributed by atoms with Gasteiger partial charge in [0, 0.05) is 6.54 Å². The Bertz CT molecular complexity index is 623. The number of carbonyl (C=O) groups excluding carboxylic acids is 1. The Morgan fingerprint density at radius 2 is 2.04 bits per heavy atom. The lowest BCUT2D eigenvalue weighted by molar-refractivity contribution is -0.132. The summed E-state index contributed by atoms with van der Waals surface area (Å²) >= 11 is 0. The molecular weight excluding hydrogens is 304 g/mol. The lowest BCUT2D eigenvalue weighted by Crippen LogP contribution is -2.40. The van der Waals surface area contributed by atoms with Gasteiger partial charge in [0.2, 0.25) is 5.91 Å². The molecule has 1 saturated carbocycles. The fraction of sp³-hybridized carbons (Fsp3) is 0.421. The van der Waals surface area contributed by atoms with Crippen LogP contribution in [0.5, 0.6) is 0 Å². The second-order valence-electron chi connectivity index (χ2n) is 6.37. The first-order valence-electron chi connectivity index (χ1n) is 8.46. The predicted molar refractivity (Wildman–Crippen MR) is 91.1 cm³/mol. The van der Waals surface area contributed by atoms with Gasteiger partial charge in [0.1, 0.15) is 11.9 Å². The lowest BCUT2D eigenvalue weighted by Gasteiger charge is -2.25. The molecule has 5 nitrogen and oxygen atoms in total. The molecule has 2 aromatic rings. The molecule has 1 atom stereocenters. The molecule has 24 heavy (non-hydrogen) atoms. The highest BCUT2D eigenvalue weighted by molar-refractivity contribution is 5.78. The van der Waals surface area contributed by atoms with Gasteiger partial charge in [-0.2, -0.15) is 0 Å². The first-order chi connectivity index (χ1) is 11.7. The van der Waals surface area contributed by atoms with Crippen LogP contribution in [-0.2, 0) is 11.3 Å². The Balaban J connectivity index is 1.61. The molecule has 1 aromatic carbocycles. The van der Waals surface area contributed by atoms with Crippen molar-refractivity contribution in [2.75, 3.05) is 19.6 Å². The van der Waals surface area contributed by atoms with Gasteiger partial charge in [-0.05, 0) is 43.0 Å². The monoisotopic (exact) mass is 328 g/mol. The van der Waals surface area contributed by atoms with Crippen molar-refractivity contribution in [1.82, 2.24) is 10.2 Å². The molecule has 2 N–H and O–H groups in total. The zero-order valence-corrected chi connectivity index (χ0v) is 13.7. The molecule has 1 fully saturated rings. The van der Waals surface area contributed by atoms with Gasteiger partial charge in [-0.15, -0.1) is 0 Å². The summed E-state index contributed by atoms with van der Waals surface area (Å²) in [6, 6.07) is 13.3. The summed E-state index contributed by atoms with van der Waals surface area (Å²) in [4.78, 5) is 14.3. The van der Waals surface area contributed by atoms with E-state index in [2.05, 4.69) is 5.32 Å². The van der Waals surface area contributed by atoms with Crippen LogP contribution in [0.1, 0.15) is 30.3 Å². The third-order valence-electron chi connectivity index (χ3n) is 4.24. The zero-order chi connectivity index (χ0) is 16.8. The summed E-state index contributed by atoms with van der Waals surface area (Å²) in [5.74, 6) is 1.20. The van der Waals surface area contributed by atoms with Crippen LogP contribution >= 0.6 is 0 Å². The van der Waals surface area contributed by atoms with E-state index in [0.717, 1.165) is 18.0 Å². The first-order valence-corrected chi connectivity index (χ1v) is 8.46. The number of rotatable bonds is 9. The number of nitrogens with zero attached hydrogens (tertiary/aromatic N) is 1. The van der Waals surface area contributed by atoms with Crippen molar-refractivity contribution in [3.8, 4) is 0 Å². The molecule has 0 radical (unpaired) electrons. The largest absolute Gasteiger partial charge is 0.467 e. The van der Waals surface area contributed by atoms with E-state index in [0.29, 0.717) is 18.8 Å². The van der Waals surface area contributed by atoms with Crippen molar-refractivity contribution in [2.24, 2.45) is 5.92 Å². The van der Waals surface area contributed by atoms with Crippen molar-refractivity contribution in [2.45, 2.75) is 25.5 Å². The van der Waals surface area contributed by atoms with Crippen molar-refractivity contribution in [1.29, 1.82) is 0 Å². The number of furan rings is 1. The van der Waals surface area contributed by atoms with Crippen molar-refractivity contribution in [3.63, 3.8) is 0 Å². The van der Waals surface area contributed by atoms with Crippen LogP contribution in [0.4, 0.5) is 0 Å². The summed E-state index contributed by atoms with van der Waals surface area (Å²) in [5, 5.41) is 13.5. The minimum Gasteiger partial charge on any atom is -0.467 e. The highest BCUT2D eigenvalue weighted by Crippen LogP contribution is 2.27. The van der Waals surface area contributed by atoms with E-state index in [1.807, 2.05) is 30.3 Å². The molecule has 1 unspecified atom stereocenters. The number of amides is 1. The summed E-state index contributed by atoms with van der Waals surface area (Å²) in [6.07, 6.45) is 3.22. The van der Waals surface area contributed by atoms with Gasteiger partial charge in [-0.1, -0.05) is 30.3 Å². The normalized spacial score (nSPS) is 15.2. The van der Waals surface area contributed by atoms with Crippen LogP contribution in [0.3, 0.4) is 0 Å². The van der Waals surface area contributed by atoms with Crippen LogP contribution in [0.25, 0.3) is 0 Å². The molecule has 1 amide bonds. The maximum absolute atomic E-state index is 12.6. The highest BCUT2D eigenvalue weighted by Gasteiger charge is 2.23. The fourth-order valence-electron chi connectivity index (χ4n) is 2.65. The number of carbonyl (C=O) groups is 1.